The Bertz CT molecular complexity index is 1430. The summed E-state index contributed by atoms with van der Waals surface area (Å²) in [4.78, 5) is 17.5. The summed E-state index contributed by atoms with van der Waals surface area (Å²) in [5, 5.41) is 9.56. The van der Waals surface area contributed by atoms with Crippen molar-refractivity contribution in [1.29, 1.82) is 0 Å². The van der Waals surface area contributed by atoms with Gasteiger partial charge in [0, 0.05) is 15.4 Å². The van der Waals surface area contributed by atoms with Crippen molar-refractivity contribution in [1.82, 2.24) is 19.9 Å². The van der Waals surface area contributed by atoms with Crippen LogP contribution in [0.3, 0.4) is 0 Å². The van der Waals surface area contributed by atoms with Gasteiger partial charge < -0.3 is 4.52 Å². The van der Waals surface area contributed by atoms with Crippen molar-refractivity contribution in [2.45, 2.75) is 0 Å². The van der Waals surface area contributed by atoms with E-state index in [1.54, 1.807) is 24.3 Å². The van der Waals surface area contributed by atoms with Crippen LogP contribution in [0.15, 0.2) is 86.6 Å². The molecule has 0 amide bonds. The fraction of sp³-hybridized carbons (Fsp3) is 0. The molecule has 0 spiro atoms. The van der Waals surface area contributed by atoms with Gasteiger partial charge >= 0.3 is 0 Å². The first-order valence-corrected chi connectivity index (χ1v) is 9.77. The average Bonchev–Trinajstić information content (AvgIpc) is 3.25. The van der Waals surface area contributed by atoms with E-state index in [4.69, 9.17) is 4.52 Å². The second-order valence-corrected chi connectivity index (χ2v) is 7.43. The zero-order chi connectivity index (χ0) is 20.7. The Hall–Kier alpha value is -3.65. The van der Waals surface area contributed by atoms with Crippen LogP contribution in [-0.2, 0) is 0 Å². The monoisotopic (exact) mass is 462 g/mol. The molecule has 8 heteroatoms. The standard InChI is InChI=1S/C22H12BrFN4O2/c23-14-7-5-13(6-8-14)20-25-21(30-27-20)19-17-3-1-2-4-18(17)22(29)28(26-19)16-11-9-15(24)10-12-16/h1-12H. The molecule has 3 aromatic carbocycles. The van der Waals surface area contributed by atoms with Crippen molar-refractivity contribution < 1.29 is 8.91 Å². The molecule has 0 saturated heterocycles. The Morgan fingerprint density at radius 1 is 0.900 bits per heavy atom. The lowest BCUT2D eigenvalue weighted by Gasteiger charge is -2.09. The molecule has 30 heavy (non-hydrogen) atoms. The molecule has 0 aliphatic heterocycles. The van der Waals surface area contributed by atoms with Gasteiger partial charge in [-0.05, 0) is 54.6 Å². The normalized spacial score (nSPS) is 11.1. The highest BCUT2D eigenvalue weighted by Crippen LogP contribution is 2.27. The maximum absolute atomic E-state index is 13.3. The molecule has 0 radical (unpaired) electrons. The fourth-order valence-electron chi connectivity index (χ4n) is 3.14. The first-order valence-electron chi connectivity index (χ1n) is 8.98. The largest absolute Gasteiger partial charge is 0.332 e. The lowest BCUT2D eigenvalue weighted by molar-refractivity contribution is 0.430. The molecule has 146 valence electrons. The maximum atomic E-state index is 13.3. The van der Waals surface area contributed by atoms with E-state index in [0.29, 0.717) is 28.0 Å². The van der Waals surface area contributed by atoms with E-state index in [1.165, 1.54) is 28.9 Å². The molecule has 0 saturated carbocycles. The highest BCUT2D eigenvalue weighted by Gasteiger charge is 2.19. The van der Waals surface area contributed by atoms with Crippen LogP contribution < -0.4 is 5.56 Å². The van der Waals surface area contributed by atoms with Crippen LogP contribution in [0.2, 0.25) is 0 Å². The molecule has 6 nitrogen and oxygen atoms in total. The Balaban J connectivity index is 1.71. The minimum absolute atomic E-state index is 0.181. The Kier molecular flexibility index (Phi) is 4.48. The van der Waals surface area contributed by atoms with E-state index in [1.807, 2.05) is 24.3 Å². The van der Waals surface area contributed by atoms with Gasteiger partial charge in [0.05, 0.1) is 11.1 Å². The molecular formula is C22H12BrFN4O2. The van der Waals surface area contributed by atoms with Gasteiger partial charge in [-0.1, -0.05) is 39.3 Å². The van der Waals surface area contributed by atoms with Crippen LogP contribution in [0.25, 0.3) is 39.4 Å². The third-order valence-corrected chi connectivity index (χ3v) is 5.14. The summed E-state index contributed by atoms with van der Waals surface area (Å²) in [6.45, 7) is 0. The van der Waals surface area contributed by atoms with Crippen molar-refractivity contribution in [2.75, 3.05) is 0 Å². The van der Waals surface area contributed by atoms with Crippen LogP contribution in [0.5, 0.6) is 0 Å². The summed E-state index contributed by atoms with van der Waals surface area (Å²) in [6, 6.07) is 20.1. The first-order chi connectivity index (χ1) is 14.6. The zero-order valence-electron chi connectivity index (χ0n) is 15.3. The smallest absolute Gasteiger partial charge is 0.279 e. The molecule has 0 fully saturated rings. The van der Waals surface area contributed by atoms with Crippen LogP contribution in [0.4, 0.5) is 4.39 Å². The van der Waals surface area contributed by atoms with E-state index in [-0.39, 0.29) is 11.4 Å². The summed E-state index contributed by atoms with van der Waals surface area (Å²) < 4.78 is 21.0. The van der Waals surface area contributed by atoms with Crippen molar-refractivity contribution in [3.8, 4) is 28.7 Å². The summed E-state index contributed by atoms with van der Waals surface area (Å²) in [6.07, 6.45) is 0. The van der Waals surface area contributed by atoms with E-state index in [0.717, 1.165) is 10.0 Å². The van der Waals surface area contributed by atoms with Crippen molar-refractivity contribution in [3.63, 3.8) is 0 Å². The lowest BCUT2D eigenvalue weighted by atomic mass is 10.1. The van der Waals surface area contributed by atoms with Crippen LogP contribution in [0.1, 0.15) is 0 Å². The van der Waals surface area contributed by atoms with Crippen molar-refractivity contribution in [3.05, 3.63) is 93.4 Å². The van der Waals surface area contributed by atoms with Gasteiger partial charge in [0.25, 0.3) is 11.4 Å². The van der Waals surface area contributed by atoms with Crippen molar-refractivity contribution in [2.24, 2.45) is 0 Å². The number of fused-ring (bicyclic) bond motifs is 1. The van der Waals surface area contributed by atoms with E-state index < -0.39 is 5.82 Å². The first kappa shape index (κ1) is 18.4. The Morgan fingerprint density at radius 2 is 1.60 bits per heavy atom. The number of benzene rings is 3. The number of hydrogen-bond donors (Lipinski definition) is 0. The number of halogens is 2. The Labute approximate surface area is 177 Å². The van der Waals surface area contributed by atoms with Crippen LogP contribution in [0, 0.1) is 5.82 Å². The second kappa shape index (κ2) is 7.31. The predicted molar refractivity (Wildman–Crippen MR) is 114 cm³/mol. The number of nitrogens with zero attached hydrogens (tertiary/aromatic N) is 4. The van der Waals surface area contributed by atoms with E-state index in [9.17, 15) is 9.18 Å². The summed E-state index contributed by atoms with van der Waals surface area (Å²) in [7, 11) is 0. The van der Waals surface area contributed by atoms with Gasteiger partial charge in [-0.3, -0.25) is 4.79 Å². The molecule has 5 rings (SSSR count). The highest BCUT2D eigenvalue weighted by molar-refractivity contribution is 9.10. The topological polar surface area (TPSA) is 73.8 Å². The van der Waals surface area contributed by atoms with Crippen LogP contribution in [-0.4, -0.2) is 19.9 Å². The quantitative estimate of drug-likeness (QED) is 0.377. The van der Waals surface area contributed by atoms with Gasteiger partial charge in [0.15, 0.2) is 5.69 Å². The zero-order valence-corrected chi connectivity index (χ0v) is 16.9. The minimum atomic E-state index is -0.399. The molecule has 2 aromatic heterocycles. The van der Waals surface area contributed by atoms with Gasteiger partial charge in [0.2, 0.25) is 5.82 Å². The van der Waals surface area contributed by atoms with Gasteiger partial charge in [-0.2, -0.15) is 14.8 Å². The lowest BCUT2D eigenvalue weighted by Crippen LogP contribution is -2.22. The second-order valence-electron chi connectivity index (χ2n) is 6.52. The van der Waals surface area contributed by atoms with E-state index in [2.05, 4.69) is 31.2 Å². The minimum Gasteiger partial charge on any atom is -0.332 e. The van der Waals surface area contributed by atoms with Gasteiger partial charge in [-0.25, -0.2) is 4.39 Å². The summed E-state index contributed by atoms with van der Waals surface area (Å²) in [5.41, 5.74) is 1.25. The molecule has 2 heterocycles. The average molecular weight is 463 g/mol. The Morgan fingerprint density at radius 3 is 2.33 bits per heavy atom. The molecule has 0 bridgehead atoms. The SMILES string of the molecule is O=c1c2ccccc2c(-c2nc(-c3ccc(Br)cc3)no2)nn1-c1ccc(F)cc1. The molecule has 0 unspecified atom stereocenters. The molecule has 0 N–H and O–H groups in total. The third-order valence-electron chi connectivity index (χ3n) is 4.61. The van der Waals surface area contributed by atoms with Gasteiger partial charge in [0.1, 0.15) is 5.82 Å². The van der Waals surface area contributed by atoms with Crippen LogP contribution >= 0.6 is 15.9 Å². The maximum Gasteiger partial charge on any atom is 0.279 e. The molecular weight excluding hydrogens is 451 g/mol. The van der Waals surface area contributed by atoms with Gasteiger partial charge in [-0.15, -0.1) is 0 Å². The summed E-state index contributed by atoms with van der Waals surface area (Å²) in [5.74, 6) is 0.187. The van der Waals surface area contributed by atoms with E-state index >= 15 is 0 Å². The predicted octanol–water partition coefficient (Wildman–Crippen LogP) is 5.00. The molecule has 0 aliphatic carbocycles. The fourth-order valence-corrected chi connectivity index (χ4v) is 3.40. The molecule has 5 aromatic rings. The van der Waals surface area contributed by atoms with Crippen molar-refractivity contribution >= 4 is 26.7 Å². The number of rotatable bonds is 3. The number of hydrogen-bond acceptors (Lipinski definition) is 5. The third kappa shape index (κ3) is 3.21. The highest BCUT2D eigenvalue weighted by atomic mass is 79.9. The molecule has 0 atom stereocenters. The number of aromatic nitrogens is 4. The summed E-state index contributed by atoms with van der Waals surface area (Å²) >= 11 is 3.40. The molecule has 0 aliphatic rings.